The van der Waals surface area contributed by atoms with Crippen LogP contribution in [-0.4, -0.2) is 39.5 Å². The van der Waals surface area contributed by atoms with Gasteiger partial charge in [0.25, 0.3) is 12.4 Å². The lowest BCUT2D eigenvalue weighted by Crippen LogP contribution is -2.42. The Morgan fingerprint density at radius 3 is 2.91 bits per heavy atom. The van der Waals surface area contributed by atoms with E-state index in [-0.39, 0.29) is 24.0 Å². The minimum absolute atomic E-state index is 0.00834. The number of aromatic nitrogens is 2. The highest BCUT2D eigenvalue weighted by atomic mass is 35.5. The summed E-state index contributed by atoms with van der Waals surface area (Å²) in [6, 6.07) is 6.95. The number of hydrogen-bond acceptors (Lipinski definition) is 4. The number of alkyl halides is 2. The van der Waals surface area contributed by atoms with Crippen LogP contribution in [0.5, 0.6) is 0 Å². The summed E-state index contributed by atoms with van der Waals surface area (Å²) in [6.45, 7) is -0.596. The second-order valence-corrected chi connectivity index (χ2v) is 8.56. The summed E-state index contributed by atoms with van der Waals surface area (Å²) in [7, 11) is 0. The second kappa shape index (κ2) is 8.30. The van der Waals surface area contributed by atoms with Gasteiger partial charge in [-0.25, -0.2) is 13.2 Å². The van der Waals surface area contributed by atoms with Crippen molar-refractivity contribution in [1.29, 1.82) is 0 Å². The molecule has 1 atom stereocenters. The molecule has 33 heavy (non-hydrogen) atoms. The molecule has 1 aliphatic carbocycles. The summed E-state index contributed by atoms with van der Waals surface area (Å²) >= 11 is 6.20. The van der Waals surface area contributed by atoms with E-state index >= 15 is 0 Å². The molecule has 0 aliphatic heterocycles. The van der Waals surface area contributed by atoms with E-state index in [4.69, 9.17) is 16.0 Å². The number of nitrogens with zero attached hydrogens (tertiary/aromatic N) is 3. The van der Waals surface area contributed by atoms with E-state index in [1.165, 1.54) is 23.1 Å². The average Bonchev–Trinajstić information content (AvgIpc) is 3.30. The van der Waals surface area contributed by atoms with Gasteiger partial charge in [-0.1, -0.05) is 11.6 Å². The number of aliphatic carboxylic acids is 1. The highest BCUT2D eigenvalue weighted by Crippen LogP contribution is 2.35. The van der Waals surface area contributed by atoms with Gasteiger partial charge in [0.05, 0.1) is 18.0 Å². The van der Waals surface area contributed by atoms with Gasteiger partial charge in [-0.05, 0) is 48.2 Å². The molecule has 1 unspecified atom stereocenters. The third-order valence-corrected chi connectivity index (χ3v) is 6.29. The Hall–Kier alpha value is -3.20. The summed E-state index contributed by atoms with van der Waals surface area (Å²) in [5, 5.41) is 9.88. The van der Waals surface area contributed by atoms with E-state index in [0.29, 0.717) is 35.4 Å². The predicted octanol–water partition coefficient (Wildman–Crippen LogP) is 5.13. The van der Waals surface area contributed by atoms with E-state index in [2.05, 4.69) is 4.98 Å². The van der Waals surface area contributed by atoms with Crippen molar-refractivity contribution in [1.82, 2.24) is 9.38 Å². The lowest BCUT2D eigenvalue weighted by atomic mass is 9.89. The number of fused-ring (bicyclic) bond motifs is 4. The number of rotatable bonds is 6. The number of carboxylic acids is 1. The molecule has 0 spiro atoms. The third-order valence-electron chi connectivity index (χ3n) is 6.07. The molecule has 1 aliphatic rings. The molecule has 1 aromatic carbocycles. The molecule has 4 aromatic rings. The predicted molar refractivity (Wildman–Crippen MR) is 117 cm³/mol. The molecule has 0 bridgehead atoms. The Morgan fingerprint density at radius 2 is 2.15 bits per heavy atom. The van der Waals surface area contributed by atoms with E-state index < -0.39 is 24.8 Å². The molecule has 10 heteroatoms. The van der Waals surface area contributed by atoms with Crippen molar-refractivity contribution < 1.29 is 27.5 Å². The SMILES string of the molecule is O=C(O)Cc1c2c(n3cc(Cl)ccc13)CC(N(CC(F)F)c1nc3cc(F)ccc3o1)CC2. The van der Waals surface area contributed by atoms with Crippen LogP contribution in [-0.2, 0) is 24.1 Å². The monoisotopic (exact) mass is 477 g/mol. The molecule has 1 N–H and O–H groups in total. The molecule has 0 saturated carbocycles. The first-order valence-electron chi connectivity index (χ1n) is 10.4. The van der Waals surface area contributed by atoms with Crippen molar-refractivity contribution in [3.8, 4) is 0 Å². The molecule has 6 nitrogen and oxygen atoms in total. The number of benzene rings is 1. The Balaban J connectivity index is 1.56. The zero-order valence-electron chi connectivity index (χ0n) is 17.3. The molecule has 5 rings (SSSR count). The van der Waals surface area contributed by atoms with Crippen LogP contribution < -0.4 is 4.90 Å². The van der Waals surface area contributed by atoms with Crippen LogP contribution in [0.4, 0.5) is 19.2 Å². The molecule has 3 aromatic heterocycles. The Kier molecular flexibility index (Phi) is 5.44. The fraction of sp³-hybridized carbons (Fsp3) is 0.304. The van der Waals surface area contributed by atoms with Crippen LogP contribution >= 0.6 is 11.6 Å². The summed E-state index contributed by atoms with van der Waals surface area (Å²) in [5.74, 6) is -1.44. The van der Waals surface area contributed by atoms with Crippen LogP contribution in [0.1, 0.15) is 23.2 Å². The van der Waals surface area contributed by atoms with Crippen LogP contribution in [0.3, 0.4) is 0 Å². The molecule has 172 valence electrons. The molecule has 0 radical (unpaired) electrons. The maximum Gasteiger partial charge on any atom is 0.307 e. The molecule has 0 fully saturated rings. The lowest BCUT2D eigenvalue weighted by molar-refractivity contribution is -0.136. The smallest absolute Gasteiger partial charge is 0.307 e. The fourth-order valence-corrected chi connectivity index (χ4v) is 4.89. The summed E-state index contributed by atoms with van der Waals surface area (Å²) < 4.78 is 48.2. The topological polar surface area (TPSA) is 71.0 Å². The van der Waals surface area contributed by atoms with Crippen molar-refractivity contribution in [3.05, 3.63) is 64.2 Å². The normalized spacial score (nSPS) is 16.0. The molecule has 3 heterocycles. The van der Waals surface area contributed by atoms with E-state index in [9.17, 15) is 23.1 Å². The molecular weight excluding hydrogens is 459 g/mol. The largest absolute Gasteiger partial charge is 0.481 e. The maximum atomic E-state index is 13.6. The van der Waals surface area contributed by atoms with E-state index in [0.717, 1.165) is 16.8 Å². The number of carboxylic acid groups (broad SMARTS) is 1. The van der Waals surface area contributed by atoms with Gasteiger partial charge in [0, 0.05) is 35.9 Å². The van der Waals surface area contributed by atoms with Gasteiger partial charge in [0.15, 0.2) is 5.58 Å². The van der Waals surface area contributed by atoms with Crippen molar-refractivity contribution >= 4 is 40.2 Å². The first kappa shape index (κ1) is 21.6. The Labute approximate surface area is 191 Å². The molecule has 0 amide bonds. The van der Waals surface area contributed by atoms with Crippen LogP contribution in [0.15, 0.2) is 40.9 Å². The van der Waals surface area contributed by atoms with E-state index in [1.807, 2.05) is 4.40 Å². The van der Waals surface area contributed by atoms with Gasteiger partial charge in [-0.3, -0.25) is 4.79 Å². The highest BCUT2D eigenvalue weighted by molar-refractivity contribution is 6.30. The number of anilines is 1. The van der Waals surface area contributed by atoms with Gasteiger partial charge in [0.1, 0.15) is 11.3 Å². The minimum atomic E-state index is -2.64. The number of carbonyl (C=O) groups is 1. The summed E-state index contributed by atoms with van der Waals surface area (Å²) in [6.07, 6.45) is 0.321. The van der Waals surface area contributed by atoms with Gasteiger partial charge in [-0.2, -0.15) is 4.98 Å². The zero-order chi connectivity index (χ0) is 23.3. The third kappa shape index (κ3) is 4.01. The van der Waals surface area contributed by atoms with Gasteiger partial charge >= 0.3 is 5.97 Å². The van der Waals surface area contributed by atoms with E-state index in [1.54, 1.807) is 18.3 Å². The quantitative estimate of drug-likeness (QED) is 0.417. The maximum absolute atomic E-state index is 13.6. The highest BCUT2D eigenvalue weighted by Gasteiger charge is 2.33. The van der Waals surface area contributed by atoms with Crippen LogP contribution in [0.2, 0.25) is 5.02 Å². The van der Waals surface area contributed by atoms with Gasteiger partial charge in [0.2, 0.25) is 0 Å². The molecule has 0 saturated heterocycles. The standard InChI is InChI=1S/C23H19ClF3N3O3/c24-12-1-5-18-16(9-22(31)32)15-4-3-14(8-19(15)30(18)10-12)29(11-21(26)27)23-28-17-7-13(25)2-6-20(17)33-23/h1-2,5-7,10,14,21H,3-4,8-9,11H2,(H,31,32). The lowest BCUT2D eigenvalue weighted by Gasteiger charge is -2.33. The van der Waals surface area contributed by atoms with Crippen LogP contribution in [0.25, 0.3) is 16.6 Å². The number of pyridine rings is 1. The first-order chi connectivity index (χ1) is 15.8. The Bertz CT molecular complexity index is 1370. The number of oxazole rings is 1. The number of hydrogen-bond donors (Lipinski definition) is 1. The second-order valence-electron chi connectivity index (χ2n) is 8.13. The van der Waals surface area contributed by atoms with Gasteiger partial charge < -0.3 is 18.8 Å². The van der Waals surface area contributed by atoms with Gasteiger partial charge in [-0.15, -0.1) is 0 Å². The fourth-order valence-electron chi connectivity index (χ4n) is 4.73. The van der Waals surface area contributed by atoms with Crippen molar-refractivity contribution in [3.63, 3.8) is 0 Å². The number of halogens is 4. The summed E-state index contributed by atoms with van der Waals surface area (Å²) in [4.78, 5) is 17.2. The van der Waals surface area contributed by atoms with Crippen LogP contribution in [0, 0.1) is 5.82 Å². The minimum Gasteiger partial charge on any atom is -0.481 e. The Morgan fingerprint density at radius 1 is 1.33 bits per heavy atom. The average molecular weight is 478 g/mol. The van der Waals surface area contributed by atoms with Crippen molar-refractivity contribution in [2.24, 2.45) is 0 Å². The van der Waals surface area contributed by atoms with Crippen molar-refractivity contribution in [2.75, 3.05) is 11.4 Å². The molecular formula is C23H19ClF3N3O3. The zero-order valence-corrected chi connectivity index (χ0v) is 18.0. The first-order valence-corrected chi connectivity index (χ1v) is 10.8. The van der Waals surface area contributed by atoms with Crippen molar-refractivity contribution in [2.45, 2.75) is 38.2 Å². The summed E-state index contributed by atoms with van der Waals surface area (Å²) in [5.41, 5.74) is 3.76.